The van der Waals surface area contributed by atoms with Gasteiger partial charge in [0.1, 0.15) is 11.4 Å². The van der Waals surface area contributed by atoms with E-state index in [0.717, 1.165) is 5.69 Å². The molecule has 2 aliphatic carbocycles. The summed E-state index contributed by atoms with van der Waals surface area (Å²) in [4.78, 5) is 25.2. The number of alkyl halides is 2. The third kappa shape index (κ3) is 2.89. The predicted octanol–water partition coefficient (Wildman–Crippen LogP) is 2.49. The van der Waals surface area contributed by atoms with Crippen molar-refractivity contribution in [1.29, 1.82) is 0 Å². The number of nitrogens with one attached hydrogen (secondary N) is 1. The molecular weight excluding hydrogens is 328 g/mol. The van der Waals surface area contributed by atoms with Crippen LogP contribution < -0.4 is 5.32 Å². The average Bonchev–Trinajstić information content (AvgIpc) is 2.89. The lowest BCUT2D eigenvalue weighted by Crippen LogP contribution is -2.59. The molecule has 4 rings (SSSR count). The van der Waals surface area contributed by atoms with Crippen LogP contribution in [0.25, 0.3) is 11.5 Å². The number of aromatic nitrogens is 4. The molecule has 2 aliphatic rings. The maximum Gasteiger partial charge on any atom is 0.270 e. The molecule has 0 aromatic carbocycles. The van der Waals surface area contributed by atoms with Crippen LogP contribution in [0.4, 0.5) is 8.78 Å². The first-order valence-electron chi connectivity index (χ1n) is 8.26. The summed E-state index contributed by atoms with van der Waals surface area (Å²) in [6, 6.07) is 1.57. The Balaban J connectivity index is 1.45. The molecule has 2 saturated carbocycles. The lowest BCUT2D eigenvalue weighted by molar-refractivity contribution is -0.197. The molecule has 8 heteroatoms. The number of amides is 1. The Morgan fingerprint density at radius 3 is 2.64 bits per heavy atom. The lowest BCUT2D eigenvalue weighted by Gasteiger charge is -2.57. The van der Waals surface area contributed by atoms with Crippen LogP contribution in [0.5, 0.6) is 0 Å². The van der Waals surface area contributed by atoms with E-state index in [4.69, 9.17) is 0 Å². The minimum atomic E-state index is -2.52. The van der Waals surface area contributed by atoms with Crippen molar-refractivity contribution in [3.8, 4) is 11.5 Å². The van der Waals surface area contributed by atoms with Crippen molar-refractivity contribution in [3.63, 3.8) is 0 Å². The Bertz CT molecular complexity index is 831. The molecule has 6 nitrogen and oxygen atoms in total. The topological polar surface area (TPSA) is 72.7 Å². The van der Waals surface area contributed by atoms with Crippen molar-refractivity contribution in [2.24, 2.45) is 12.5 Å². The number of aryl methyl sites for hydroxylation is 2. The van der Waals surface area contributed by atoms with Gasteiger partial charge in [-0.25, -0.2) is 23.7 Å². The largest absolute Gasteiger partial charge is 0.348 e. The number of halogens is 2. The number of hydrogen-bond acceptors (Lipinski definition) is 4. The quantitative estimate of drug-likeness (QED) is 0.926. The minimum absolute atomic E-state index is 0.0520. The molecule has 2 heterocycles. The van der Waals surface area contributed by atoms with Gasteiger partial charge in [-0.15, -0.1) is 0 Å². The van der Waals surface area contributed by atoms with Gasteiger partial charge in [-0.1, -0.05) is 0 Å². The number of nitrogens with zero attached hydrogens (tertiary/aromatic N) is 4. The molecule has 132 valence electrons. The van der Waals surface area contributed by atoms with Crippen molar-refractivity contribution < 1.29 is 13.6 Å². The van der Waals surface area contributed by atoms with Crippen LogP contribution >= 0.6 is 0 Å². The highest BCUT2D eigenvalue weighted by atomic mass is 19.3. The summed E-state index contributed by atoms with van der Waals surface area (Å²) in [7, 11) is 1.83. The zero-order valence-corrected chi connectivity index (χ0v) is 14.1. The van der Waals surface area contributed by atoms with Gasteiger partial charge in [0.25, 0.3) is 5.91 Å². The highest BCUT2D eigenvalue weighted by Gasteiger charge is 2.61. The standard InChI is InChI=1S/C17H19F2N5O/c1-10-3-12(23-14(21-10)13-6-20-9-24(13)2)15(25)22-11-4-16(5-11)7-17(18,19)8-16/h3,6,9,11H,4-5,7-8H2,1-2H3,(H,22,25). The third-order valence-electron chi connectivity index (χ3n) is 5.09. The van der Waals surface area contributed by atoms with E-state index in [9.17, 15) is 13.6 Å². The second-order valence-corrected chi connectivity index (χ2v) is 7.40. The molecule has 0 radical (unpaired) electrons. The van der Waals surface area contributed by atoms with Crippen LogP contribution in [0.3, 0.4) is 0 Å². The summed E-state index contributed by atoms with van der Waals surface area (Å²) in [5, 5.41) is 2.90. The Kier molecular flexibility index (Phi) is 3.42. The van der Waals surface area contributed by atoms with Gasteiger partial charge in [0, 0.05) is 31.6 Å². The van der Waals surface area contributed by atoms with E-state index in [0.29, 0.717) is 24.4 Å². The van der Waals surface area contributed by atoms with Gasteiger partial charge in [-0.05, 0) is 31.2 Å². The van der Waals surface area contributed by atoms with Crippen molar-refractivity contribution in [1.82, 2.24) is 24.8 Å². The third-order valence-corrected chi connectivity index (χ3v) is 5.09. The molecule has 0 bridgehead atoms. The fourth-order valence-electron chi connectivity index (χ4n) is 4.05. The van der Waals surface area contributed by atoms with Crippen LogP contribution in [0.15, 0.2) is 18.6 Å². The van der Waals surface area contributed by atoms with Gasteiger partial charge < -0.3 is 9.88 Å². The van der Waals surface area contributed by atoms with Gasteiger partial charge in [0.05, 0.1) is 12.5 Å². The highest BCUT2D eigenvalue weighted by molar-refractivity contribution is 5.93. The fourth-order valence-corrected chi connectivity index (χ4v) is 4.05. The second-order valence-electron chi connectivity index (χ2n) is 7.40. The smallest absolute Gasteiger partial charge is 0.270 e. The van der Waals surface area contributed by atoms with E-state index < -0.39 is 5.92 Å². The molecule has 2 aromatic rings. The van der Waals surface area contributed by atoms with Crippen LogP contribution in [-0.4, -0.2) is 37.4 Å². The van der Waals surface area contributed by atoms with E-state index in [2.05, 4.69) is 20.3 Å². The van der Waals surface area contributed by atoms with Gasteiger partial charge in [-0.3, -0.25) is 4.79 Å². The highest BCUT2D eigenvalue weighted by Crippen LogP contribution is 2.62. The summed E-state index contributed by atoms with van der Waals surface area (Å²) < 4.78 is 27.9. The summed E-state index contributed by atoms with van der Waals surface area (Å²) in [6.07, 6.45) is 4.42. The number of imidazole rings is 1. The molecular formula is C17H19F2N5O. The zero-order chi connectivity index (χ0) is 17.8. The summed E-state index contributed by atoms with van der Waals surface area (Å²) >= 11 is 0. The van der Waals surface area contributed by atoms with Crippen LogP contribution in [0.1, 0.15) is 41.9 Å². The van der Waals surface area contributed by atoms with Crippen LogP contribution in [0, 0.1) is 12.3 Å². The molecule has 1 N–H and O–H groups in total. The van der Waals surface area contributed by atoms with E-state index >= 15 is 0 Å². The zero-order valence-electron chi connectivity index (χ0n) is 14.1. The summed E-state index contributed by atoms with van der Waals surface area (Å²) in [5.74, 6) is -2.37. The Labute approximate surface area is 143 Å². The van der Waals surface area contributed by atoms with Crippen LogP contribution in [0.2, 0.25) is 0 Å². The first-order valence-corrected chi connectivity index (χ1v) is 8.26. The average molecular weight is 347 g/mol. The molecule has 0 aliphatic heterocycles. The molecule has 25 heavy (non-hydrogen) atoms. The van der Waals surface area contributed by atoms with Crippen molar-refractivity contribution in [2.45, 2.75) is 44.6 Å². The van der Waals surface area contributed by atoms with E-state index in [-0.39, 0.29) is 35.9 Å². The van der Waals surface area contributed by atoms with Gasteiger partial charge in [0.15, 0.2) is 5.82 Å². The molecule has 2 aromatic heterocycles. The monoisotopic (exact) mass is 347 g/mol. The van der Waals surface area contributed by atoms with E-state index in [1.54, 1.807) is 30.1 Å². The molecule has 0 unspecified atom stereocenters. The molecule has 0 saturated heterocycles. The fraction of sp³-hybridized carbons (Fsp3) is 0.529. The van der Waals surface area contributed by atoms with Gasteiger partial charge in [-0.2, -0.15) is 0 Å². The number of hydrogen-bond donors (Lipinski definition) is 1. The summed E-state index contributed by atoms with van der Waals surface area (Å²) in [6.45, 7) is 1.80. The molecule has 1 spiro atoms. The summed E-state index contributed by atoms with van der Waals surface area (Å²) in [5.41, 5.74) is 1.42. The number of carbonyl (C=O) groups excluding carboxylic acids is 1. The normalized spacial score (nSPS) is 20.8. The lowest BCUT2D eigenvalue weighted by atomic mass is 9.52. The van der Waals surface area contributed by atoms with E-state index in [1.165, 1.54) is 0 Å². The number of carbonyl (C=O) groups is 1. The molecule has 1 amide bonds. The SMILES string of the molecule is Cc1cc(C(=O)NC2CC3(C2)CC(F)(F)C3)nc(-c2cncn2C)n1. The van der Waals surface area contributed by atoms with Crippen molar-refractivity contribution in [3.05, 3.63) is 30.0 Å². The van der Waals surface area contributed by atoms with Crippen LogP contribution in [-0.2, 0) is 7.05 Å². The van der Waals surface area contributed by atoms with Crippen molar-refractivity contribution in [2.75, 3.05) is 0 Å². The van der Waals surface area contributed by atoms with Crippen molar-refractivity contribution >= 4 is 5.91 Å². The molecule has 2 fully saturated rings. The van der Waals surface area contributed by atoms with Gasteiger partial charge >= 0.3 is 0 Å². The minimum Gasteiger partial charge on any atom is -0.348 e. The first kappa shape index (κ1) is 16.1. The maximum atomic E-state index is 13.1. The number of rotatable bonds is 3. The Hall–Kier alpha value is -2.38. The maximum absolute atomic E-state index is 13.1. The first-order chi connectivity index (χ1) is 11.8. The Morgan fingerprint density at radius 2 is 2.04 bits per heavy atom. The predicted molar refractivity (Wildman–Crippen MR) is 86.1 cm³/mol. The molecule has 0 atom stereocenters. The Morgan fingerprint density at radius 1 is 1.32 bits per heavy atom. The second kappa shape index (κ2) is 5.31. The van der Waals surface area contributed by atoms with Gasteiger partial charge in [0.2, 0.25) is 5.92 Å². The van der Waals surface area contributed by atoms with E-state index in [1.807, 2.05) is 7.05 Å².